The molecule has 112 valence electrons. The summed E-state index contributed by atoms with van der Waals surface area (Å²) in [5.74, 6) is 1.39. The van der Waals surface area contributed by atoms with E-state index in [2.05, 4.69) is 15.4 Å². The summed E-state index contributed by atoms with van der Waals surface area (Å²) in [6.07, 6.45) is 0.824. The lowest BCUT2D eigenvalue weighted by Crippen LogP contribution is -2.22. The first-order valence-corrected chi connectivity index (χ1v) is 6.93. The van der Waals surface area contributed by atoms with Gasteiger partial charge in [0, 0.05) is 12.3 Å². The summed E-state index contributed by atoms with van der Waals surface area (Å²) in [7, 11) is 1.72. The van der Waals surface area contributed by atoms with Gasteiger partial charge in [0.15, 0.2) is 18.2 Å². The molecule has 0 bridgehead atoms. The fourth-order valence-corrected chi connectivity index (χ4v) is 2.22. The van der Waals surface area contributed by atoms with Gasteiger partial charge in [-0.05, 0) is 30.2 Å². The van der Waals surface area contributed by atoms with Crippen LogP contribution in [0.5, 0.6) is 5.75 Å². The Morgan fingerprint density at radius 1 is 1.33 bits per heavy atom. The average Bonchev–Trinajstić information content (AvgIpc) is 2.88. The number of para-hydroxylation sites is 1. The van der Waals surface area contributed by atoms with Crippen molar-refractivity contribution >= 4 is 6.29 Å². The number of aryl methyl sites for hydroxylation is 3. The number of benzene rings is 1. The molecule has 0 aliphatic heterocycles. The average molecular weight is 288 g/mol. The van der Waals surface area contributed by atoms with Gasteiger partial charge in [-0.2, -0.15) is 4.80 Å². The number of ether oxygens (including phenoxy) is 1. The van der Waals surface area contributed by atoms with Gasteiger partial charge in [0.25, 0.3) is 0 Å². The van der Waals surface area contributed by atoms with Gasteiger partial charge in [-0.15, -0.1) is 10.2 Å². The van der Waals surface area contributed by atoms with Gasteiger partial charge in [-0.25, -0.2) is 0 Å². The largest absolute Gasteiger partial charge is 0.482 e. The van der Waals surface area contributed by atoms with E-state index in [0.717, 1.165) is 23.2 Å². The highest BCUT2D eigenvalue weighted by Crippen LogP contribution is 2.26. The van der Waals surface area contributed by atoms with Crippen molar-refractivity contribution < 1.29 is 9.53 Å². The van der Waals surface area contributed by atoms with Gasteiger partial charge in [-0.1, -0.05) is 25.1 Å². The van der Waals surface area contributed by atoms with Crippen molar-refractivity contribution in [3.05, 3.63) is 35.2 Å². The molecular formula is C15H20N4O2. The van der Waals surface area contributed by atoms with Crippen LogP contribution in [0.15, 0.2) is 18.2 Å². The van der Waals surface area contributed by atoms with Crippen LogP contribution < -0.4 is 4.74 Å². The number of aromatic nitrogens is 4. The van der Waals surface area contributed by atoms with Crippen molar-refractivity contribution in [2.24, 2.45) is 7.05 Å². The molecule has 2 unspecified atom stereocenters. The molecule has 1 aromatic heterocycles. The molecule has 0 aliphatic rings. The first kappa shape index (κ1) is 15.2. The fraction of sp³-hybridized carbons (Fsp3) is 0.467. The van der Waals surface area contributed by atoms with Gasteiger partial charge >= 0.3 is 0 Å². The highest BCUT2D eigenvalue weighted by atomic mass is 16.5. The van der Waals surface area contributed by atoms with Crippen molar-refractivity contribution in [1.29, 1.82) is 0 Å². The second-order valence-corrected chi connectivity index (χ2v) is 5.29. The molecule has 1 aromatic carbocycles. The molecule has 0 spiro atoms. The molecule has 0 saturated heterocycles. The lowest BCUT2D eigenvalue weighted by Gasteiger charge is -2.19. The summed E-state index contributed by atoms with van der Waals surface area (Å²) in [4.78, 5) is 12.7. The lowest BCUT2D eigenvalue weighted by atomic mass is 10.0. The third-order valence-electron chi connectivity index (χ3n) is 3.38. The molecule has 0 radical (unpaired) electrons. The van der Waals surface area contributed by atoms with E-state index in [1.165, 1.54) is 4.80 Å². The summed E-state index contributed by atoms with van der Waals surface area (Å²) in [5.41, 5.74) is 2.04. The quantitative estimate of drug-likeness (QED) is 0.760. The molecule has 6 nitrogen and oxygen atoms in total. The molecule has 2 rings (SSSR count). The van der Waals surface area contributed by atoms with Crippen molar-refractivity contribution in [1.82, 2.24) is 20.2 Å². The van der Waals surface area contributed by atoms with Crippen molar-refractivity contribution in [2.75, 3.05) is 0 Å². The zero-order chi connectivity index (χ0) is 15.4. The number of carbonyl (C=O) groups is 1. The first-order valence-electron chi connectivity index (χ1n) is 6.93. The molecule has 2 aromatic rings. The maximum Gasteiger partial charge on any atom is 0.177 e. The summed E-state index contributed by atoms with van der Waals surface area (Å²) >= 11 is 0. The summed E-state index contributed by atoms with van der Waals surface area (Å²) in [6, 6.07) is 5.91. The maximum absolute atomic E-state index is 11.3. The molecule has 0 aliphatic carbocycles. The monoisotopic (exact) mass is 288 g/mol. The third-order valence-corrected chi connectivity index (χ3v) is 3.38. The van der Waals surface area contributed by atoms with Gasteiger partial charge in [0.1, 0.15) is 5.75 Å². The van der Waals surface area contributed by atoms with Crippen LogP contribution >= 0.6 is 0 Å². The first-order chi connectivity index (χ1) is 10.0. The van der Waals surface area contributed by atoms with Crippen LogP contribution in [0.4, 0.5) is 0 Å². The van der Waals surface area contributed by atoms with Crippen LogP contribution in [0.2, 0.25) is 0 Å². The van der Waals surface area contributed by atoms with E-state index >= 15 is 0 Å². The van der Waals surface area contributed by atoms with E-state index in [-0.39, 0.29) is 5.92 Å². The molecule has 0 N–H and O–H groups in total. The molecule has 1 heterocycles. The van der Waals surface area contributed by atoms with E-state index in [1.54, 1.807) is 7.05 Å². The molecule has 0 saturated carbocycles. The van der Waals surface area contributed by atoms with Crippen LogP contribution in [0.3, 0.4) is 0 Å². The number of tetrazole rings is 1. The molecule has 6 heteroatoms. The Morgan fingerprint density at radius 3 is 2.52 bits per heavy atom. The Balaban J connectivity index is 2.08. The van der Waals surface area contributed by atoms with Gasteiger partial charge in [-0.3, -0.25) is 4.79 Å². The maximum atomic E-state index is 11.3. The number of carbonyl (C=O) groups excluding carboxylic acids is 1. The van der Waals surface area contributed by atoms with E-state index in [9.17, 15) is 4.79 Å². The standard InChI is InChI=1S/C15H20N4O2/c1-10-6-5-7-11(2)14(10)21-13(9-20)8-12(3)15-16-18-19(4)17-15/h5-7,9,12-13H,8H2,1-4H3. The lowest BCUT2D eigenvalue weighted by molar-refractivity contribution is -0.114. The highest BCUT2D eigenvalue weighted by Gasteiger charge is 2.20. The SMILES string of the molecule is Cc1cccc(C)c1OC(C=O)CC(C)c1nnn(C)n1. The molecular weight excluding hydrogens is 268 g/mol. The summed E-state index contributed by atoms with van der Waals surface area (Å²) < 4.78 is 5.87. The van der Waals surface area contributed by atoms with E-state index in [0.29, 0.717) is 12.2 Å². The van der Waals surface area contributed by atoms with Crippen molar-refractivity contribution in [2.45, 2.75) is 39.2 Å². The minimum absolute atomic E-state index is 0.00164. The second kappa shape index (κ2) is 6.47. The highest BCUT2D eigenvalue weighted by molar-refractivity contribution is 5.57. The summed E-state index contributed by atoms with van der Waals surface area (Å²) in [5, 5.41) is 11.9. The van der Waals surface area contributed by atoms with E-state index in [4.69, 9.17) is 4.74 Å². The predicted octanol–water partition coefficient (Wildman–Crippen LogP) is 1.97. The van der Waals surface area contributed by atoms with E-state index < -0.39 is 6.10 Å². The minimum atomic E-state index is -0.524. The number of hydrogen-bond acceptors (Lipinski definition) is 5. The topological polar surface area (TPSA) is 69.9 Å². The Kier molecular flexibility index (Phi) is 4.67. The van der Waals surface area contributed by atoms with E-state index in [1.807, 2.05) is 39.0 Å². The molecule has 2 atom stereocenters. The smallest absolute Gasteiger partial charge is 0.177 e. The molecule has 21 heavy (non-hydrogen) atoms. The van der Waals surface area contributed by atoms with Gasteiger partial charge in [0.05, 0.1) is 7.05 Å². The molecule has 0 amide bonds. The second-order valence-electron chi connectivity index (χ2n) is 5.29. The normalized spacial score (nSPS) is 13.7. The predicted molar refractivity (Wildman–Crippen MR) is 78.2 cm³/mol. The zero-order valence-electron chi connectivity index (χ0n) is 12.8. The number of rotatable bonds is 6. The van der Waals surface area contributed by atoms with Gasteiger partial charge < -0.3 is 4.74 Å². The number of nitrogens with zero attached hydrogens (tertiary/aromatic N) is 4. The minimum Gasteiger partial charge on any atom is -0.482 e. The van der Waals surface area contributed by atoms with Crippen molar-refractivity contribution in [3.8, 4) is 5.75 Å². The Hall–Kier alpha value is -2.24. The number of hydrogen-bond donors (Lipinski definition) is 0. The fourth-order valence-electron chi connectivity index (χ4n) is 2.22. The van der Waals surface area contributed by atoms with Crippen LogP contribution in [-0.4, -0.2) is 32.6 Å². The third kappa shape index (κ3) is 3.65. The Labute approximate surface area is 124 Å². The number of aldehydes is 1. The van der Waals surface area contributed by atoms with Crippen LogP contribution in [0.25, 0.3) is 0 Å². The zero-order valence-corrected chi connectivity index (χ0v) is 12.8. The van der Waals surface area contributed by atoms with Crippen LogP contribution in [0, 0.1) is 13.8 Å². The van der Waals surface area contributed by atoms with Crippen LogP contribution in [0.1, 0.15) is 36.2 Å². The van der Waals surface area contributed by atoms with Crippen LogP contribution in [-0.2, 0) is 11.8 Å². The summed E-state index contributed by atoms with van der Waals surface area (Å²) in [6.45, 7) is 5.90. The van der Waals surface area contributed by atoms with Gasteiger partial charge in [0.2, 0.25) is 0 Å². The Morgan fingerprint density at radius 2 is 2.00 bits per heavy atom. The molecule has 0 fully saturated rings. The Bertz CT molecular complexity index is 604. The van der Waals surface area contributed by atoms with Crippen molar-refractivity contribution in [3.63, 3.8) is 0 Å².